The summed E-state index contributed by atoms with van der Waals surface area (Å²) in [5, 5.41) is 13.6. The van der Waals surface area contributed by atoms with Crippen LogP contribution in [0.15, 0.2) is 42.5 Å². The molecule has 0 radical (unpaired) electrons. The molecule has 1 heterocycles. The van der Waals surface area contributed by atoms with E-state index < -0.39 is 11.5 Å². The number of para-hydroxylation sites is 1. The number of hydrogen-bond acceptors (Lipinski definition) is 8. The molecule has 30 heavy (non-hydrogen) atoms. The number of fused-ring (bicyclic) bond motifs is 1. The minimum absolute atomic E-state index is 0.171. The number of aliphatic hydroxyl groups is 1. The van der Waals surface area contributed by atoms with E-state index in [1.165, 1.54) is 43.8 Å². The first kappa shape index (κ1) is 21.1. The molecule has 0 aliphatic carbocycles. The highest BCUT2D eigenvalue weighted by Gasteiger charge is 2.28. The maximum Gasteiger partial charge on any atom is 0.264 e. The summed E-state index contributed by atoms with van der Waals surface area (Å²) >= 11 is 1.36. The summed E-state index contributed by atoms with van der Waals surface area (Å²) < 4.78 is 16.3. The standard InChI is InChI=1S/C21H18N2O6S/c1-27-10-9-21(26,13-24)14-7-8-16(17(11-14)28-2)29-12-19(25)23-20-22-15-5-3-4-6-18(15)30-20/h3-8,11,13,26H,12H2,1-2H3,(H,22,23,25). The van der Waals surface area contributed by atoms with Crippen LogP contribution in [-0.4, -0.2) is 43.1 Å². The van der Waals surface area contributed by atoms with Gasteiger partial charge in [-0.1, -0.05) is 29.5 Å². The van der Waals surface area contributed by atoms with Gasteiger partial charge in [0.1, 0.15) is 6.11 Å². The summed E-state index contributed by atoms with van der Waals surface area (Å²) in [5.41, 5.74) is -1.09. The van der Waals surface area contributed by atoms with Gasteiger partial charge in [0.05, 0.1) is 24.4 Å². The van der Waals surface area contributed by atoms with Crippen LogP contribution in [0.3, 0.4) is 0 Å². The van der Waals surface area contributed by atoms with Crippen LogP contribution in [0.2, 0.25) is 0 Å². The monoisotopic (exact) mass is 426 g/mol. The van der Waals surface area contributed by atoms with Crippen molar-refractivity contribution in [1.29, 1.82) is 0 Å². The minimum atomic E-state index is -2.06. The number of methoxy groups -OCH3 is 2. The van der Waals surface area contributed by atoms with E-state index in [9.17, 15) is 14.7 Å². The Balaban J connectivity index is 1.70. The summed E-state index contributed by atoms with van der Waals surface area (Å²) in [6, 6.07) is 11.9. The number of aromatic nitrogens is 1. The topological polar surface area (TPSA) is 107 Å². The predicted octanol–water partition coefficient (Wildman–Crippen LogP) is 2.32. The van der Waals surface area contributed by atoms with Crippen molar-refractivity contribution in [2.45, 2.75) is 5.60 Å². The molecule has 0 aliphatic heterocycles. The van der Waals surface area contributed by atoms with Crippen molar-refractivity contribution >= 4 is 38.9 Å². The van der Waals surface area contributed by atoms with E-state index in [4.69, 9.17) is 9.47 Å². The maximum absolute atomic E-state index is 12.2. The second-order valence-corrected chi connectivity index (χ2v) is 7.04. The molecule has 9 heteroatoms. The fourth-order valence-corrected chi connectivity index (χ4v) is 3.43. The third-order valence-corrected chi connectivity index (χ3v) is 4.97. The van der Waals surface area contributed by atoms with E-state index >= 15 is 0 Å². The predicted molar refractivity (Wildman–Crippen MR) is 111 cm³/mol. The molecule has 3 rings (SSSR count). The first-order valence-corrected chi connectivity index (χ1v) is 9.51. The molecule has 0 aliphatic rings. The van der Waals surface area contributed by atoms with Gasteiger partial charge in [-0.25, -0.2) is 4.98 Å². The number of rotatable bonds is 7. The van der Waals surface area contributed by atoms with Gasteiger partial charge in [-0.05, 0) is 30.2 Å². The number of thiazole rings is 1. The van der Waals surface area contributed by atoms with Crippen LogP contribution in [-0.2, 0) is 19.9 Å². The van der Waals surface area contributed by atoms with Gasteiger partial charge in [0, 0.05) is 5.56 Å². The highest BCUT2D eigenvalue weighted by molar-refractivity contribution is 7.22. The number of nitrogens with zero attached hydrogens (tertiary/aromatic N) is 1. The molecule has 1 aromatic heterocycles. The zero-order valence-corrected chi connectivity index (χ0v) is 17.0. The first-order valence-electron chi connectivity index (χ1n) is 8.69. The Kier molecular flexibility index (Phi) is 6.51. The van der Waals surface area contributed by atoms with Crippen LogP contribution >= 0.6 is 11.3 Å². The Morgan fingerprint density at radius 1 is 1.27 bits per heavy atom. The van der Waals surface area contributed by atoms with E-state index in [1.54, 1.807) is 0 Å². The van der Waals surface area contributed by atoms with Gasteiger partial charge in [-0.2, -0.15) is 0 Å². The molecule has 8 nitrogen and oxygen atoms in total. The smallest absolute Gasteiger partial charge is 0.264 e. The highest BCUT2D eigenvalue weighted by Crippen LogP contribution is 2.32. The molecule has 3 aromatic rings. The van der Waals surface area contributed by atoms with Gasteiger partial charge in [0.15, 0.2) is 29.5 Å². The number of carbonyl (C=O) groups is 2. The number of benzene rings is 2. The number of hydrogen-bond donors (Lipinski definition) is 2. The van der Waals surface area contributed by atoms with Crippen LogP contribution < -0.4 is 14.8 Å². The Morgan fingerprint density at radius 2 is 2.07 bits per heavy atom. The minimum Gasteiger partial charge on any atom is -0.493 e. The fraction of sp³-hybridized carbons (Fsp3) is 0.190. The average Bonchev–Trinajstić information content (AvgIpc) is 3.18. The molecule has 1 unspecified atom stereocenters. The second-order valence-electron chi connectivity index (χ2n) is 6.00. The average molecular weight is 426 g/mol. The number of anilines is 1. The van der Waals surface area contributed by atoms with Crippen molar-refractivity contribution in [3.8, 4) is 23.5 Å². The normalized spacial score (nSPS) is 12.2. The lowest BCUT2D eigenvalue weighted by atomic mass is 9.96. The molecule has 2 N–H and O–H groups in total. The number of aldehydes is 1. The van der Waals surface area contributed by atoms with Crippen molar-refractivity contribution in [1.82, 2.24) is 4.98 Å². The summed E-state index contributed by atoms with van der Waals surface area (Å²) in [5.74, 6) is 2.41. The van der Waals surface area contributed by atoms with E-state index in [-0.39, 0.29) is 23.7 Å². The lowest BCUT2D eigenvalue weighted by Gasteiger charge is -2.17. The first-order chi connectivity index (χ1) is 14.5. The van der Waals surface area contributed by atoms with Gasteiger partial charge in [-0.3, -0.25) is 14.9 Å². The van der Waals surface area contributed by atoms with Gasteiger partial charge in [-0.15, -0.1) is 0 Å². The van der Waals surface area contributed by atoms with Crippen LogP contribution in [0.4, 0.5) is 5.13 Å². The van der Waals surface area contributed by atoms with Gasteiger partial charge < -0.3 is 19.3 Å². The number of ether oxygens (including phenoxy) is 3. The largest absolute Gasteiger partial charge is 0.493 e. The molecular weight excluding hydrogens is 408 g/mol. The molecule has 0 bridgehead atoms. The van der Waals surface area contributed by atoms with Crippen molar-refractivity contribution in [2.75, 3.05) is 26.1 Å². The number of carbonyl (C=O) groups excluding carboxylic acids is 2. The number of amides is 1. The molecule has 2 aromatic carbocycles. The van der Waals surface area contributed by atoms with Crippen LogP contribution in [0.1, 0.15) is 5.56 Å². The second kappa shape index (κ2) is 9.26. The van der Waals surface area contributed by atoms with Crippen molar-refractivity contribution in [3.05, 3.63) is 48.0 Å². The fourth-order valence-electron chi connectivity index (χ4n) is 2.55. The van der Waals surface area contributed by atoms with Crippen LogP contribution in [0.5, 0.6) is 11.5 Å². The van der Waals surface area contributed by atoms with Crippen LogP contribution in [0.25, 0.3) is 10.2 Å². The Hall–Kier alpha value is -3.61. The van der Waals surface area contributed by atoms with Crippen molar-refractivity contribution < 1.29 is 28.9 Å². The summed E-state index contributed by atoms with van der Waals surface area (Å²) in [6.45, 7) is -0.285. The third-order valence-electron chi connectivity index (χ3n) is 4.02. The van der Waals surface area contributed by atoms with E-state index in [0.29, 0.717) is 11.4 Å². The van der Waals surface area contributed by atoms with Crippen LogP contribution in [0, 0.1) is 12.0 Å². The lowest BCUT2D eigenvalue weighted by molar-refractivity contribution is -0.120. The quantitative estimate of drug-likeness (QED) is 0.441. The summed E-state index contributed by atoms with van der Waals surface area (Å²) in [4.78, 5) is 27.9. The van der Waals surface area contributed by atoms with E-state index in [1.807, 2.05) is 24.3 Å². The Morgan fingerprint density at radius 3 is 2.77 bits per heavy atom. The highest BCUT2D eigenvalue weighted by atomic mass is 32.1. The SMILES string of the molecule is COC#CC(O)(C=O)c1ccc(OCC(=O)Nc2nc3ccccc3s2)c(OC)c1. The van der Waals surface area contributed by atoms with Crippen molar-refractivity contribution in [3.63, 3.8) is 0 Å². The molecule has 0 spiro atoms. The van der Waals surface area contributed by atoms with Gasteiger partial charge in [0.25, 0.3) is 5.91 Å². The Bertz CT molecular complexity index is 1100. The third kappa shape index (κ3) is 4.68. The summed E-state index contributed by atoms with van der Waals surface area (Å²) in [6.07, 6.45) is 2.49. The molecule has 1 atom stereocenters. The van der Waals surface area contributed by atoms with Gasteiger partial charge in [0.2, 0.25) is 5.60 Å². The molecular formula is C21H18N2O6S. The zero-order chi connectivity index (χ0) is 21.6. The van der Waals surface area contributed by atoms with Crippen molar-refractivity contribution in [2.24, 2.45) is 0 Å². The lowest BCUT2D eigenvalue weighted by Crippen LogP contribution is -2.25. The molecule has 1 amide bonds. The molecule has 154 valence electrons. The molecule has 0 saturated heterocycles. The maximum atomic E-state index is 12.2. The van der Waals surface area contributed by atoms with E-state index in [2.05, 4.69) is 27.1 Å². The summed E-state index contributed by atoms with van der Waals surface area (Å²) in [7, 11) is 2.71. The number of nitrogens with one attached hydrogen (secondary N) is 1. The van der Waals surface area contributed by atoms with E-state index in [0.717, 1.165) is 10.2 Å². The molecule has 0 fully saturated rings. The zero-order valence-electron chi connectivity index (χ0n) is 16.2. The Labute approximate surface area is 176 Å². The molecule has 0 saturated carbocycles. The van der Waals surface area contributed by atoms with Gasteiger partial charge >= 0.3 is 0 Å².